The van der Waals surface area contributed by atoms with Gasteiger partial charge in [0.25, 0.3) is 0 Å². The molecule has 0 aromatic carbocycles. The van der Waals surface area contributed by atoms with Gasteiger partial charge in [0.2, 0.25) is 0 Å². The first-order valence-electron chi connectivity index (χ1n) is 4.84. The number of rotatable bonds is 5. The first-order chi connectivity index (χ1) is 7.79. The minimum Gasteiger partial charge on any atom is -0.372 e. The van der Waals surface area contributed by atoms with E-state index in [0.717, 1.165) is 14.2 Å². The molecule has 0 aliphatic heterocycles. The van der Waals surface area contributed by atoms with Crippen molar-refractivity contribution in [3.63, 3.8) is 0 Å². The molecule has 98 valence electrons. The van der Waals surface area contributed by atoms with Crippen LogP contribution in [-0.4, -0.2) is 19.4 Å². The fourth-order valence-corrected chi connectivity index (χ4v) is 3.33. The van der Waals surface area contributed by atoms with Crippen LogP contribution in [0.3, 0.4) is 0 Å². The predicted octanol–water partition coefficient (Wildman–Crippen LogP) is 5.22. The number of alkyl halides is 4. The minimum atomic E-state index is -4.25. The van der Waals surface area contributed by atoms with Gasteiger partial charge in [0.15, 0.2) is 0 Å². The summed E-state index contributed by atoms with van der Waals surface area (Å²) in [6.07, 6.45) is -3.73. The summed E-state index contributed by atoms with van der Waals surface area (Å²) < 4.78 is 41.0. The maximum Gasteiger partial charge on any atom is 0.411 e. The lowest BCUT2D eigenvalue weighted by Crippen LogP contribution is -2.17. The molecule has 0 saturated carbocycles. The van der Waals surface area contributed by atoms with E-state index in [-0.39, 0.29) is 11.4 Å². The number of hydrogen-bond donors (Lipinski definition) is 0. The zero-order valence-electron chi connectivity index (χ0n) is 8.98. The van der Waals surface area contributed by atoms with E-state index in [1.165, 1.54) is 0 Å². The van der Waals surface area contributed by atoms with Gasteiger partial charge in [-0.1, -0.05) is 15.9 Å². The van der Waals surface area contributed by atoms with E-state index in [0.29, 0.717) is 6.42 Å². The molecule has 7 heteroatoms. The Labute approximate surface area is 119 Å². The molecule has 0 aliphatic rings. The summed E-state index contributed by atoms with van der Waals surface area (Å²) in [5, 5.41) is 0. The molecule has 17 heavy (non-hydrogen) atoms. The van der Waals surface area contributed by atoms with Crippen molar-refractivity contribution < 1.29 is 17.9 Å². The first kappa shape index (κ1) is 15.5. The molecule has 1 aromatic heterocycles. The van der Waals surface area contributed by atoms with E-state index in [1.54, 1.807) is 11.3 Å². The monoisotopic (exact) mass is 394 g/mol. The Morgan fingerprint density at radius 3 is 2.59 bits per heavy atom. The van der Waals surface area contributed by atoms with Crippen LogP contribution >= 0.6 is 43.2 Å². The van der Waals surface area contributed by atoms with E-state index < -0.39 is 12.8 Å². The van der Waals surface area contributed by atoms with Crippen molar-refractivity contribution in [3.8, 4) is 0 Å². The summed E-state index contributed by atoms with van der Waals surface area (Å²) in [5.41, 5.74) is 0. The van der Waals surface area contributed by atoms with Gasteiger partial charge in [0, 0.05) is 20.8 Å². The van der Waals surface area contributed by atoms with Gasteiger partial charge in [0.1, 0.15) is 6.61 Å². The summed E-state index contributed by atoms with van der Waals surface area (Å²) in [5.74, 6) is 0. The maximum absolute atomic E-state index is 11.8. The van der Waals surface area contributed by atoms with Gasteiger partial charge >= 0.3 is 6.18 Å². The van der Waals surface area contributed by atoms with Crippen LogP contribution in [0.15, 0.2) is 10.5 Å². The summed E-state index contributed by atoms with van der Waals surface area (Å²) in [4.78, 5) is 2.27. The average molecular weight is 396 g/mol. The molecule has 0 aliphatic carbocycles. The number of hydrogen-bond acceptors (Lipinski definition) is 2. The van der Waals surface area contributed by atoms with E-state index in [2.05, 4.69) is 36.6 Å². The van der Waals surface area contributed by atoms with Crippen LogP contribution in [0.5, 0.6) is 0 Å². The van der Waals surface area contributed by atoms with Crippen molar-refractivity contribution >= 4 is 43.2 Å². The molecule has 0 amide bonds. The smallest absolute Gasteiger partial charge is 0.372 e. The number of thiophene rings is 1. The molecule has 0 N–H and O–H groups in total. The Morgan fingerprint density at radius 2 is 2.12 bits per heavy atom. The number of ether oxygens (including phenoxy) is 1. The molecule has 1 aromatic rings. The van der Waals surface area contributed by atoms with Crippen molar-refractivity contribution in [2.75, 3.05) is 13.2 Å². The van der Waals surface area contributed by atoms with Gasteiger partial charge in [-0.25, -0.2) is 0 Å². The van der Waals surface area contributed by atoms with Crippen LogP contribution in [0, 0.1) is 6.92 Å². The van der Waals surface area contributed by atoms with E-state index in [1.807, 2.05) is 13.0 Å². The predicted molar refractivity (Wildman–Crippen MR) is 69.9 cm³/mol. The van der Waals surface area contributed by atoms with Crippen LogP contribution in [0.2, 0.25) is 0 Å². The van der Waals surface area contributed by atoms with Crippen molar-refractivity contribution in [3.05, 3.63) is 20.3 Å². The molecular weight excluding hydrogens is 385 g/mol. The van der Waals surface area contributed by atoms with E-state index >= 15 is 0 Å². The first-order valence-corrected chi connectivity index (χ1v) is 7.36. The van der Waals surface area contributed by atoms with Crippen LogP contribution < -0.4 is 0 Å². The minimum absolute atomic E-state index is 0.0331. The Hall–Kier alpha value is 0.410. The lowest BCUT2D eigenvalue weighted by atomic mass is 10.3. The van der Waals surface area contributed by atoms with E-state index in [4.69, 9.17) is 0 Å². The molecular formula is C10H11Br2F3OS. The van der Waals surface area contributed by atoms with Gasteiger partial charge in [-0.05, 0) is 35.3 Å². The molecule has 0 bridgehead atoms. The SMILES string of the molecule is Cc1sc(C(Br)CCOCC(F)(F)F)cc1Br. The number of aryl methyl sites for hydroxylation is 1. The Kier molecular flexibility index (Phi) is 5.95. The Morgan fingerprint density at radius 1 is 1.47 bits per heavy atom. The Bertz CT molecular complexity index is 345. The maximum atomic E-state index is 11.8. The highest BCUT2D eigenvalue weighted by Gasteiger charge is 2.27. The van der Waals surface area contributed by atoms with Gasteiger partial charge in [-0.3, -0.25) is 0 Å². The average Bonchev–Trinajstić information content (AvgIpc) is 2.52. The van der Waals surface area contributed by atoms with Crippen molar-refractivity contribution in [1.82, 2.24) is 0 Å². The molecule has 0 saturated heterocycles. The molecule has 1 heterocycles. The normalized spacial score (nSPS) is 14.0. The van der Waals surface area contributed by atoms with Gasteiger partial charge < -0.3 is 4.74 Å². The highest BCUT2D eigenvalue weighted by molar-refractivity contribution is 9.10. The van der Waals surface area contributed by atoms with Crippen molar-refractivity contribution in [2.24, 2.45) is 0 Å². The lowest BCUT2D eigenvalue weighted by molar-refractivity contribution is -0.174. The van der Waals surface area contributed by atoms with Crippen molar-refractivity contribution in [2.45, 2.75) is 24.3 Å². The highest BCUT2D eigenvalue weighted by Crippen LogP contribution is 2.36. The third-order valence-electron chi connectivity index (χ3n) is 1.97. The van der Waals surface area contributed by atoms with Crippen molar-refractivity contribution in [1.29, 1.82) is 0 Å². The summed E-state index contributed by atoms with van der Waals surface area (Å²) >= 11 is 8.46. The molecule has 1 atom stereocenters. The van der Waals surface area contributed by atoms with Crippen LogP contribution in [0.25, 0.3) is 0 Å². The second-order valence-electron chi connectivity index (χ2n) is 3.48. The zero-order chi connectivity index (χ0) is 13.1. The molecule has 1 unspecified atom stereocenters. The largest absolute Gasteiger partial charge is 0.411 e. The molecule has 0 fully saturated rings. The fraction of sp³-hybridized carbons (Fsp3) is 0.600. The summed E-state index contributed by atoms with van der Waals surface area (Å²) in [6, 6.07) is 1.98. The van der Waals surface area contributed by atoms with Crippen LogP contribution in [0.1, 0.15) is 21.0 Å². The van der Waals surface area contributed by atoms with Gasteiger partial charge in [-0.15, -0.1) is 11.3 Å². The second kappa shape index (κ2) is 6.54. The quantitative estimate of drug-likeness (QED) is 0.490. The molecule has 0 spiro atoms. The standard InChI is InChI=1S/C10H11Br2F3OS/c1-6-8(12)4-9(17-6)7(11)2-3-16-5-10(13,14)15/h4,7H,2-3,5H2,1H3. The topological polar surface area (TPSA) is 9.23 Å². The third-order valence-corrected chi connectivity index (χ3v) is 5.47. The molecule has 0 radical (unpaired) electrons. The fourth-order valence-electron chi connectivity index (χ4n) is 1.15. The third kappa shape index (κ3) is 5.72. The lowest BCUT2D eigenvalue weighted by Gasteiger charge is -2.10. The molecule has 1 rings (SSSR count). The Balaban J connectivity index is 2.33. The summed E-state index contributed by atoms with van der Waals surface area (Å²) in [7, 11) is 0. The van der Waals surface area contributed by atoms with Crippen LogP contribution in [-0.2, 0) is 4.74 Å². The zero-order valence-corrected chi connectivity index (χ0v) is 13.0. The van der Waals surface area contributed by atoms with E-state index in [9.17, 15) is 13.2 Å². The highest BCUT2D eigenvalue weighted by atomic mass is 79.9. The molecule has 1 nitrogen and oxygen atoms in total. The van der Waals surface area contributed by atoms with Gasteiger partial charge in [0.05, 0.1) is 4.83 Å². The van der Waals surface area contributed by atoms with Crippen LogP contribution in [0.4, 0.5) is 13.2 Å². The second-order valence-corrected chi connectivity index (χ2v) is 6.72. The number of halogens is 5. The van der Waals surface area contributed by atoms with Gasteiger partial charge in [-0.2, -0.15) is 13.2 Å². The summed E-state index contributed by atoms with van der Waals surface area (Å²) in [6.45, 7) is 0.891.